The number of carbonyl (C=O) groups is 1. The maximum Gasteiger partial charge on any atom is 0.226 e. The van der Waals surface area contributed by atoms with E-state index < -0.39 is 0 Å². The quantitative estimate of drug-likeness (QED) is 0.874. The van der Waals surface area contributed by atoms with Gasteiger partial charge in [0, 0.05) is 12.6 Å². The van der Waals surface area contributed by atoms with Crippen molar-refractivity contribution in [3.05, 3.63) is 70.8 Å². The van der Waals surface area contributed by atoms with Gasteiger partial charge in [-0.15, -0.1) is 0 Å². The topological polar surface area (TPSA) is 55.1 Å². The molecule has 0 aliphatic heterocycles. The number of nitrogens with one attached hydrogen (secondary N) is 1. The van der Waals surface area contributed by atoms with Crippen molar-refractivity contribution >= 4 is 5.91 Å². The first-order valence-electron chi connectivity index (χ1n) is 9.09. The molecule has 0 spiro atoms. The van der Waals surface area contributed by atoms with Crippen LogP contribution >= 0.6 is 0 Å². The maximum atomic E-state index is 12.7. The molecule has 25 heavy (non-hydrogen) atoms. The highest BCUT2D eigenvalue weighted by Crippen LogP contribution is 2.36. The fourth-order valence-corrected chi connectivity index (χ4v) is 3.63. The van der Waals surface area contributed by atoms with Crippen molar-refractivity contribution in [1.29, 1.82) is 0 Å². The van der Waals surface area contributed by atoms with Crippen molar-refractivity contribution in [1.82, 2.24) is 5.32 Å². The molecule has 3 N–H and O–H groups in total. The number of fused-ring (bicyclic) bond motifs is 1. The van der Waals surface area contributed by atoms with Gasteiger partial charge in [-0.1, -0.05) is 69.3 Å². The van der Waals surface area contributed by atoms with Crippen LogP contribution in [-0.4, -0.2) is 12.5 Å². The first-order chi connectivity index (χ1) is 11.9. The molecule has 0 bridgehead atoms. The van der Waals surface area contributed by atoms with Gasteiger partial charge in [0.15, 0.2) is 0 Å². The normalized spacial score (nSPS) is 16.5. The van der Waals surface area contributed by atoms with Crippen molar-refractivity contribution in [3.8, 4) is 0 Å². The Morgan fingerprint density at radius 1 is 1.04 bits per heavy atom. The van der Waals surface area contributed by atoms with Crippen molar-refractivity contribution < 1.29 is 4.79 Å². The average Bonchev–Trinajstić information content (AvgIpc) is 2.96. The molecule has 0 unspecified atom stereocenters. The lowest BCUT2D eigenvalue weighted by atomic mass is 9.86. The van der Waals surface area contributed by atoms with Crippen LogP contribution in [0.25, 0.3) is 0 Å². The summed E-state index contributed by atoms with van der Waals surface area (Å²) in [5.41, 5.74) is 10.8. The van der Waals surface area contributed by atoms with E-state index in [1.165, 1.54) is 16.7 Å². The van der Waals surface area contributed by atoms with E-state index in [0.717, 1.165) is 18.4 Å². The molecule has 1 aliphatic rings. The van der Waals surface area contributed by atoms with E-state index in [1.54, 1.807) is 0 Å². The second kappa shape index (κ2) is 7.01. The molecule has 0 aromatic heterocycles. The minimum atomic E-state index is -0.370. The number of hydrogen-bond acceptors (Lipinski definition) is 2. The van der Waals surface area contributed by atoms with Gasteiger partial charge in [0.2, 0.25) is 5.91 Å². The summed E-state index contributed by atoms with van der Waals surface area (Å²) in [5.74, 6) is 0.604. The van der Waals surface area contributed by atoms with Crippen molar-refractivity contribution in [2.45, 2.75) is 45.6 Å². The van der Waals surface area contributed by atoms with Crippen LogP contribution in [0.2, 0.25) is 0 Å². The summed E-state index contributed by atoms with van der Waals surface area (Å²) in [5, 5.41) is 3.07. The predicted molar refractivity (Wildman–Crippen MR) is 102 cm³/mol. The summed E-state index contributed by atoms with van der Waals surface area (Å²) in [4.78, 5) is 12.7. The van der Waals surface area contributed by atoms with Gasteiger partial charge in [0.1, 0.15) is 0 Å². The number of rotatable bonds is 5. The molecule has 132 valence electrons. The Balaban J connectivity index is 1.59. The summed E-state index contributed by atoms with van der Waals surface area (Å²) in [6.45, 7) is 6.86. The van der Waals surface area contributed by atoms with Crippen LogP contribution in [0, 0.1) is 5.41 Å². The van der Waals surface area contributed by atoms with Crippen LogP contribution in [-0.2, 0) is 17.6 Å². The van der Waals surface area contributed by atoms with E-state index >= 15 is 0 Å². The van der Waals surface area contributed by atoms with Crippen molar-refractivity contribution in [2.75, 3.05) is 6.54 Å². The maximum absolute atomic E-state index is 12.7. The molecule has 0 saturated carbocycles. The second-order valence-corrected chi connectivity index (χ2v) is 7.82. The molecule has 3 rings (SSSR count). The Labute approximate surface area is 150 Å². The molecule has 0 radical (unpaired) electrons. The monoisotopic (exact) mass is 336 g/mol. The molecular weight excluding hydrogens is 308 g/mol. The lowest BCUT2D eigenvalue weighted by Crippen LogP contribution is -2.42. The van der Waals surface area contributed by atoms with Gasteiger partial charge in [-0.25, -0.2) is 0 Å². The highest BCUT2D eigenvalue weighted by Gasteiger charge is 2.39. The van der Waals surface area contributed by atoms with Crippen molar-refractivity contribution in [3.63, 3.8) is 0 Å². The zero-order valence-electron chi connectivity index (χ0n) is 15.4. The lowest BCUT2D eigenvalue weighted by Gasteiger charge is -2.24. The molecule has 3 heteroatoms. The summed E-state index contributed by atoms with van der Waals surface area (Å²) < 4.78 is 0. The largest absolute Gasteiger partial charge is 0.354 e. The summed E-state index contributed by atoms with van der Waals surface area (Å²) in [6.07, 6.45) is 1.60. The van der Waals surface area contributed by atoms with E-state index in [1.807, 2.05) is 19.1 Å². The minimum Gasteiger partial charge on any atom is -0.354 e. The van der Waals surface area contributed by atoms with Gasteiger partial charge in [0.05, 0.1) is 5.41 Å². The van der Waals surface area contributed by atoms with Gasteiger partial charge in [0.25, 0.3) is 0 Å². The third-order valence-electron chi connectivity index (χ3n) is 5.34. The Bertz CT molecular complexity index is 724. The fourth-order valence-electron chi connectivity index (χ4n) is 3.63. The van der Waals surface area contributed by atoms with E-state index in [9.17, 15) is 4.79 Å². The van der Waals surface area contributed by atoms with Gasteiger partial charge >= 0.3 is 0 Å². The smallest absolute Gasteiger partial charge is 0.226 e. The number of nitrogens with two attached hydrogens (primary N) is 1. The Kier molecular flexibility index (Phi) is 4.96. The summed E-state index contributed by atoms with van der Waals surface area (Å²) in [6, 6.07) is 16.5. The van der Waals surface area contributed by atoms with Crippen molar-refractivity contribution in [2.24, 2.45) is 11.1 Å². The van der Waals surface area contributed by atoms with Crippen LogP contribution in [0.3, 0.4) is 0 Å². The molecular formula is C22H28N2O. The lowest BCUT2D eigenvalue weighted by molar-refractivity contribution is -0.129. The second-order valence-electron chi connectivity index (χ2n) is 7.82. The molecule has 1 atom stereocenters. The van der Waals surface area contributed by atoms with Gasteiger partial charge in [-0.05, 0) is 41.0 Å². The SMILES string of the molecule is CC(C)c1ccc([C@@H](N)CNC(=O)C2(C)Cc3ccccc3C2)cc1. The number of hydrogen-bond donors (Lipinski definition) is 2. The molecule has 3 nitrogen and oxygen atoms in total. The number of amides is 1. The third kappa shape index (κ3) is 3.77. The van der Waals surface area contributed by atoms with E-state index in [-0.39, 0.29) is 17.4 Å². The van der Waals surface area contributed by atoms with Gasteiger partial charge < -0.3 is 11.1 Å². The molecule has 0 fully saturated rings. The molecule has 2 aromatic carbocycles. The molecule has 0 saturated heterocycles. The summed E-state index contributed by atoms with van der Waals surface area (Å²) in [7, 11) is 0. The van der Waals surface area contributed by atoms with Crippen LogP contribution in [0.5, 0.6) is 0 Å². The highest BCUT2D eigenvalue weighted by molar-refractivity contribution is 5.84. The van der Waals surface area contributed by atoms with Crippen LogP contribution in [0.15, 0.2) is 48.5 Å². The zero-order chi connectivity index (χ0) is 18.0. The van der Waals surface area contributed by atoms with E-state index in [4.69, 9.17) is 5.73 Å². The number of benzene rings is 2. The number of carbonyl (C=O) groups excluding carboxylic acids is 1. The fraction of sp³-hybridized carbons (Fsp3) is 0.409. The molecule has 1 amide bonds. The highest BCUT2D eigenvalue weighted by atomic mass is 16.2. The predicted octanol–water partition coefficient (Wildman–Crippen LogP) is 3.73. The van der Waals surface area contributed by atoms with E-state index in [2.05, 4.69) is 55.6 Å². The van der Waals surface area contributed by atoms with Gasteiger partial charge in [-0.3, -0.25) is 4.79 Å². The Morgan fingerprint density at radius 3 is 2.08 bits per heavy atom. The van der Waals surface area contributed by atoms with Crippen LogP contribution < -0.4 is 11.1 Å². The first-order valence-corrected chi connectivity index (χ1v) is 9.09. The molecule has 2 aromatic rings. The summed E-state index contributed by atoms with van der Waals surface area (Å²) >= 11 is 0. The Morgan fingerprint density at radius 2 is 1.56 bits per heavy atom. The molecule has 1 aliphatic carbocycles. The standard InChI is InChI=1S/C22H28N2O/c1-15(2)16-8-10-17(11-9-16)20(23)14-24-21(25)22(3)12-18-6-4-5-7-19(18)13-22/h4-11,15,20H,12-14,23H2,1-3H3,(H,24,25)/t20-/m0/s1. The molecule has 0 heterocycles. The van der Waals surface area contributed by atoms with Gasteiger partial charge in [-0.2, -0.15) is 0 Å². The third-order valence-corrected chi connectivity index (χ3v) is 5.34. The first kappa shape index (κ1) is 17.7. The minimum absolute atomic E-state index is 0.0953. The van der Waals surface area contributed by atoms with Crippen LogP contribution in [0.1, 0.15) is 55.0 Å². The zero-order valence-corrected chi connectivity index (χ0v) is 15.4. The van der Waals surface area contributed by atoms with E-state index in [0.29, 0.717) is 12.5 Å². The average molecular weight is 336 g/mol. The Hall–Kier alpha value is -2.13. The van der Waals surface area contributed by atoms with Crippen LogP contribution in [0.4, 0.5) is 0 Å².